The van der Waals surface area contributed by atoms with Crippen LogP contribution >= 0.6 is 0 Å². The Hall–Kier alpha value is -1.92. The summed E-state index contributed by atoms with van der Waals surface area (Å²) < 4.78 is 9.91. The topological polar surface area (TPSA) is 67.9 Å². The van der Waals surface area contributed by atoms with Crippen LogP contribution in [0.2, 0.25) is 0 Å². The highest BCUT2D eigenvalue weighted by atomic mass is 16.5. The molecule has 0 spiro atoms. The summed E-state index contributed by atoms with van der Waals surface area (Å²) in [6.07, 6.45) is 0.690. The highest BCUT2D eigenvalue weighted by Crippen LogP contribution is 1.98. The first-order valence-corrected chi connectivity index (χ1v) is 7.28. The van der Waals surface area contributed by atoms with Gasteiger partial charge in [-0.25, -0.2) is 0 Å². The molecule has 0 atom stereocenters. The zero-order chi connectivity index (χ0) is 16.2. The molecule has 1 aromatic carbocycles. The van der Waals surface area contributed by atoms with Crippen molar-refractivity contribution in [1.82, 2.24) is 10.2 Å². The fraction of sp³-hybridized carbons (Fsp3) is 0.500. The van der Waals surface area contributed by atoms with Gasteiger partial charge in [-0.3, -0.25) is 9.59 Å². The molecule has 6 heteroatoms. The second-order valence-electron chi connectivity index (χ2n) is 4.77. The van der Waals surface area contributed by atoms with Crippen LogP contribution in [0.1, 0.15) is 5.56 Å². The second-order valence-corrected chi connectivity index (χ2v) is 4.77. The van der Waals surface area contributed by atoms with Gasteiger partial charge in [-0.2, -0.15) is 0 Å². The Labute approximate surface area is 131 Å². The van der Waals surface area contributed by atoms with E-state index in [0.29, 0.717) is 39.3 Å². The van der Waals surface area contributed by atoms with Crippen molar-refractivity contribution in [3.8, 4) is 0 Å². The van der Waals surface area contributed by atoms with Gasteiger partial charge in [0.2, 0.25) is 0 Å². The molecule has 0 saturated heterocycles. The van der Waals surface area contributed by atoms with E-state index in [1.165, 1.54) is 4.90 Å². The molecule has 2 amide bonds. The third kappa shape index (κ3) is 6.69. The molecule has 0 fully saturated rings. The van der Waals surface area contributed by atoms with Gasteiger partial charge in [-0.05, 0) is 12.0 Å². The number of ether oxygens (including phenoxy) is 2. The van der Waals surface area contributed by atoms with Gasteiger partial charge >= 0.3 is 11.8 Å². The van der Waals surface area contributed by atoms with E-state index < -0.39 is 11.8 Å². The molecule has 0 unspecified atom stereocenters. The summed E-state index contributed by atoms with van der Waals surface area (Å²) in [5.41, 5.74) is 1.12. The van der Waals surface area contributed by atoms with Crippen LogP contribution in [0.15, 0.2) is 30.3 Å². The fourth-order valence-corrected chi connectivity index (χ4v) is 1.90. The van der Waals surface area contributed by atoms with E-state index in [1.54, 1.807) is 14.2 Å². The van der Waals surface area contributed by atoms with E-state index in [4.69, 9.17) is 9.47 Å². The minimum absolute atomic E-state index is 0.366. The molecule has 0 bridgehead atoms. The van der Waals surface area contributed by atoms with Gasteiger partial charge in [0.15, 0.2) is 0 Å². The lowest BCUT2D eigenvalue weighted by Crippen LogP contribution is -2.46. The molecular formula is C16H24N2O4. The quantitative estimate of drug-likeness (QED) is 0.673. The molecule has 0 saturated carbocycles. The monoisotopic (exact) mass is 308 g/mol. The number of carbonyl (C=O) groups is 2. The molecule has 0 aromatic heterocycles. The molecule has 0 aliphatic heterocycles. The SMILES string of the molecule is COCCN(CCOC)C(=O)C(=O)NCCc1ccccc1. The van der Waals surface area contributed by atoms with Crippen LogP contribution in [0.4, 0.5) is 0 Å². The highest BCUT2D eigenvalue weighted by molar-refractivity contribution is 6.35. The Balaban J connectivity index is 2.41. The Morgan fingerprint density at radius 3 is 2.18 bits per heavy atom. The zero-order valence-corrected chi connectivity index (χ0v) is 13.2. The van der Waals surface area contributed by atoms with E-state index in [1.807, 2.05) is 30.3 Å². The number of amides is 2. The lowest BCUT2D eigenvalue weighted by molar-refractivity contribution is -0.146. The number of rotatable bonds is 9. The van der Waals surface area contributed by atoms with Crippen molar-refractivity contribution in [2.45, 2.75) is 6.42 Å². The lowest BCUT2D eigenvalue weighted by atomic mass is 10.1. The first kappa shape index (κ1) is 18.1. The minimum atomic E-state index is -0.594. The summed E-state index contributed by atoms with van der Waals surface area (Å²) in [5.74, 6) is -1.15. The van der Waals surface area contributed by atoms with Gasteiger partial charge in [0.1, 0.15) is 0 Å². The third-order valence-electron chi connectivity index (χ3n) is 3.15. The smallest absolute Gasteiger partial charge is 0.312 e. The van der Waals surface area contributed by atoms with Gasteiger partial charge in [-0.1, -0.05) is 30.3 Å². The Bertz CT molecular complexity index is 443. The maximum Gasteiger partial charge on any atom is 0.312 e. The van der Waals surface area contributed by atoms with Crippen LogP contribution in [-0.4, -0.2) is 63.8 Å². The Morgan fingerprint density at radius 1 is 1.05 bits per heavy atom. The number of methoxy groups -OCH3 is 2. The molecule has 0 radical (unpaired) electrons. The van der Waals surface area contributed by atoms with Crippen molar-refractivity contribution < 1.29 is 19.1 Å². The largest absolute Gasteiger partial charge is 0.383 e. The number of nitrogens with zero attached hydrogens (tertiary/aromatic N) is 1. The van der Waals surface area contributed by atoms with Gasteiger partial charge in [0, 0.05) is 33.9 Å². The average Bonchev–Trinajstić information content (AvgIpc) is 2.55. The van der Waals surface area contributed by atoms with Crippen molar-refractivity contribution in [3.05, 3.63) is 35.9 Å². The van der Waals surface area contributed by atoms with Crippen LogP contribution in [-0.2, 0) is 25.5 Å². The van der Waals surface area contributed by atoms with Crippen LogP contribution in [0.3, 0.4) is 0 Å². The van der Waals surface area contributed by atoms with Crippen molar-refractivity contribution in [2.24, 2.45) is 0 Å². The van der Waals surface area contributed by atoms with Crippen molar-refractivity contribution in [3.63, 3.8) is 0 Å². The maximum atomic E-state index is 12.1. The zero-order valence-electron chi connectivity index (χ0n) is 13.2. The van der Waals surface area contributed by atoms with Crippen molar-refractivity contribution >= 4 is 11.8 Å². The standard InChI is InChI=1S/C16H24N2O4/c1-21-12-10-18(11-13-22-2)16(20)15(19)17-9-8-14-6-4-3-5-7-14/h3-7H,8-13H2,1-2H3,(H,17,19). The number of hydrogen-bond acceptors (Lipinski definition) is 4. The van der Waals surface area contributed by atoms with E-state index in [-0.39, 0.29) is 0 Å². The molecule has 22 heavy (non-hydrogen) atoms. The molecule has 1 N–H and O–H groups in total. The number of carbonyl (C=O) groups excluding carboxylic acids is 2. The summed E-state index contributed by atoms with van der Waals surface area (Å²) >= 11 is 0. The Kier molecular flexibility index (Phi) is 8.86. The van der Waals surface area contributed by atoms with E-state index in [0.717, 1.165) is 5.56 Å². The third-order valence-corrected chi connectivity index (χ3v) is 3.15. The van der Waals surface area contributed by atoms with Gasteiger partial charge in [0.25, 0.3) is 0 Å². The predicted octanol–water partition coefficient (Wildman–Crippen LogP) is 0.467. The summed E-state index contributed by atoms with van der Waals surface area (Å²) in [6.45, 7) is 1.92. The van der Waals surface area contributed by atoms with Crippen LogP contribution < -0.4 is 5.32 Å². The normalized spacial score (nSPS) is 10.3. The average molecular weight is 308 g/mol. The van der Waals surface area contributed by atoms with E-state index in [9.17, 15) is 9.59 Å². The van der Waals surface area contributed by atoms with Crippen molar-refractivity contribution in [2.75, 3.05) is 47.1 Å². The van der Waals surface area contributed by atoms with Gasteiger partial charge in [-0.15, -0.1) is 0 Å². The van der Waals surface area contributed by atoms with Gasteiger partial charge < -0.3 is 19.7 Å². The number of nitrogens with one attached hydrogen (secondary N) is 1. The molecular weight excluding hydrogens is 284 g/mol. The Morgan fingerprint density at radius 2 is 1.64 bits per heavy atom. The first-order valence-electron chi connectivity index (χ1n) is 7.28. The summed E-state index contributed by atoms with van der Waals surface area (Å²) in [6, 6.07) is 9.79. The fourth-order valence-electron chi connectivity index (χ4n) is 1.90. The first-order chi connectivity index (χ1) is 10.7. The summed E-state index contributed by atoms with van der Waals surface area (Å²) in [4.78, 5) is 25.5. The summed E-state index contributed by atoms with van der Waals surface area (Å²) in [5, 5.41) is 2.65. The van der Waals surface area contributed by atoms with E-state index >= 15 is 0 Å². The maximum absolute atomic E-state index is 12.1. The van der Waals surface area contributed by atoms with Crippen LogP contribution in [0.5, 0.6) is 0 Å². The highest BCUT2D eigenvalue weighted by Gasteiger charge is 2.20. The molecule has 0 aliphatic rings. The second kappa shape index (κ2) is 10.8. The molecule has 6 nitrogen and oxygen atoms in total. The van der Waals surface area contributed by atoms with Gasteiger partial charge in [0.05, 0.1) is 13.2 Å². The molecule has 122 valence electrons. The number of benzene rings is 1. The molecule has 1 rings (SSSR count). The molecule has 0 heterocycles. The van der Waals surface area contributed by atoms with Crippen molar-refractivity contribution in [1.29, 1.82) is 0 Å². The van der Waals surface area contributed by atoms with Crippen LogP contribution in [0, 0.1) is 0 Å². The lowest BCUT2D eigenvalue weighted by Gasteiger charge is -2.21. The van der Waals surface area contributed by atoms with E-state index in [2.05, 4.69) is 5.32 Å². The summed E-state index contributed by atoms with van der Waals surface area (Å²) in [7, 11) is 3.11. The minimum Gasteiger partial charge on any atom is -0.383 e. The molecule has 1 aromatic rings. The molecule has 0 aliphatic carbocycles. The number of hydrogen-bond donors (Lipinski definition) is 1. The van der Waals surface area contributed by atoms with Crippen LogP contribution in [0.25, 0.3) is 0 Å². The predicted molar refractivity (Wildman–Crippen MR) is 83.5 cm³/mol.